The van der Waals surface area contributed by atoms with Gasteiger partial charge in [-0.2, -0.15) is 4.98 Å². The van der Waals surface area contributed by atoms with Crippen LogP contribution in [0.3, 0.4) is 0 Å². The largest absolute Gasteiger partial charge is 0.354 e. The third kappa shape index (κ3) is 5.01. The summed E-state index contributed by atoms with van der Waals surface area (Å²) in [5.74, 6) is 0.121. The number of rotatable bonds is 3. The molecule has 1 aromatic carbocycles. The highest BCUT2D eigenvalue weighted by Crippen LogP contribution is 2.21. The molecule has 8 nitrogen and oxygen atoms in total. The Bertz CT molecular complexity index is 941. The molecule has 0 atom stereocenters. The minimum absolute atomic E-state index is 0.0346. The molecule has 0 radical (unpaired) electrons. The second kappa shape index (κ2) is 9.01. The van der Waals surface area contributed by atoms with Crippen molar-refractivity contribution in [3.63, 3.8) is 0 Å². The topological polar surface area (TPSA) is 67.8 Å². The number of nitrogens with one attached hydrogen (secondary N) is 1. The Morgan fingerprint density at radius 1 is 0.935 bits per heavy atom. The summed E-state index contributed by atoms with van der Waals surface area (Å²) in [6.07, 6.45) is 0. The molecule has 2 aromatic rings. The van der Waals surface area contributed by atoms with Crippen LogP contribution in [0.2, 0.25) is 0 Å². The molecule has 3 heterocycles. The third-order valence-electron chi connectivity index (χ3n) is 5.68. The Hall–Kier alpha value is -3.01. The number of hydrogen-bond donors (Lipinski definition) is 1. The molecule has 2 aliphatic rings. The highest BCUT2D eigenvalue weighted by atomic mass is 19.1. The molecular formula is C21H27F2N7O. The lowest BCUT2D eigenvalue weighted by Crippen LogP contribution is -2.50. The Labute approximate surface area is 180 Å². The normalized spacial score (nSPS) is 17.7. The number of aryl methyl sites for hydroxylation is 1. The molecule has 4 rings (SSSR count). The number of benzene rings is 1. The number of piperazine rings is 2. The molecule has 31 heavy (non-hydrogen) atoms. The first-order chi connectivity index (χ1) is 14.9. The van der Waals surface area contributed by atoms with Gasteiger partial charge in [-0.1, -0.05) is 0 Å². The van der Waals surface area contributed by atoms with Gasteiger partial charge in [0.1, 0.15) is 17.5 Å². The van der Waals surface area contributed by atoms with Gasteiger partial charge in [0, 0.05) is 70.2 Å². The number of nitrogens with zero attached hydrogens (tertiary/aromatic N) is 6. The van der Waals surface area contributed by atoms with Gasteiger partial charge in [-0.3, -0.25) is 0 Å². The molecule has 2 saturated heterocycles. The van der Waals surface area contributed by atoms with Gasteiger partial charge in [-0.05, 0) is 26.1 Å². The van der Waals surface area contributed by atoms with Gasteiger partial charge in [-0.25, -0.2) is 18.6 Å². The van der Waals surface area contributed by atoms with E-state index in [0.29, 0.717) is 32.1 Å². The van der Waals surface area contributed by atoms with Gasteiger partial charge in [0.15, 0.2) is 0 Å². The maximum absolute atomic E-state index is 13.8. The molecule has 0 saturated carbocycles. The van der Waals surface area contributed by atoms with E-state index in [1.807, 2.05) is 13.0 Å². The molecule has 2 amide bonds. The fourth-order valence-electron chi connectivity index (χ4n) is 3.77. The molecule has 0 unspecified atom stereocenters. The molecule has 2 fully saturated rings. The van der Waals surface area contributed by atoms with Crippen LogP contribution in [0.1, 0.15) is 5.69 Å². The number of aromatic nitrogens is 2. The fourth-order valence-corrected chi connectivity index (χ4v) is 3.77. The smallest absolute Gasteiger partial charge is 0.322 e. The van der Waals surface area contributed by atoms with E-state index in [9.17, 15) is 13.6 Å². The molecule has 0 aliphatic carbocycles. The summed E-state index contributed by atoms with van der Waals surface area (Å²) >= 11 is 0. The summed E-state index contributed by atoms with van der Waals surface area (Å²) in [5, 5.41) is 2.51. The van der Waals surface area contributed by atoms with E-state index in [1.54, 1.807) is 4.90 Å². The molecule has 1 aromatic heterocycles. The van der Waals surface area contributed by atoms with Crippen molar-refractivity contribution in [2.75, 3.05) is 74.5 Å². The number of carbonyl (C=O) groups is 1. The standard InChI is InChI=1S/C21H27F2N7O/c1-15-13-19(28-7-5-27(2)6-8-28)26-20(24-15)29-9-11-30(12-10-29)21(31)25-18-4-3-16(22)14-17(18)23/h3-4,13-14H,5-12H2,1-2H3,(H,25,31). The second-order valence-electron chi connectivity index (χ2n) is 7.99. The van der Waals surface area contributed by atoms with E-state index >= 15 is 0 Å². The quantitative estimate of drug-likeness (QED) is 0.804. The lowest BCUT2D eigenvalue weighted by Gasteiger charge is -2.36. The van der Waals surface area contributed by atoms with Crippen LogP contribution in [0.5, 0.6) is 0 Å². The van der Waals surface area contributed by atoms with Gasteiger partial charge in [0.25, 0.3) is 0 Å². The van der Waals surface area contributed by atoms with Crippen molar-refractivity contribution < 1.29 is 13.6 Å². The number of hydrogen-bond acceptors (Lipinski definition) is 6. The maximum Gasteiger partial charge on any atom is 0.322 e. The average Bonchev–Trinajstić information content (AvgIpc) is 2.76. The summed E-state index contributed by atoms with van der Waals surface area (Å²) < 4.78 is 26.9. The molecule has 0 spiro atoms. The first-order valence-electron chi connectivity index (χ1n) is 10.4. The van der Waals surface area contributed by atoms with E-state index in [4.69, 9.17) is 4.98 Å². The lowest BCUT2D eigenvalue weighted by atomic mass is 10.3. The number of halogens is 2. The molecule has 0 bridgehead atoms. The Morgan fingerprint density at radius 3 is 2.29 bits per heavy atom. The zero-order chi connectivity index (χ0) is 22.0. The molecular weight excluding hydrogens is 404 g/mol. The van der Waals surface area contributed by atoms with Crippen LogP contribution >= 0.6 is 0 Å². The van der Waals surface area contributed by atoms with Crippen molar-refractivity contribution >= 4 is 23.5 Å². The third-order valence-corrected chi connectivity index (χ3v) is 5.68. The molecule has 1 N–H and O–H groups in total. The van der Waals surface area contributed by atoms with Crippen molar-refractivity contribution in [1.82, 2.24) is 19.8 Å². The van der Waals surface area contributed by atoms with Crippen LogP contribution in [0.4, 0.5) is 31.0 Å². The van der Waals surface area contributed by atoms with Gasteiger partial charge < -0.3 is 24.9 Å². The van der Waals surface area contributed by atoms with Crippen LogP contribution in [0, 0.1) is 18.6 Å². The molecule has 166 valence electrons. The van der Waals surface area contributed by atoms with E-state index in [1.165, 1.54) is 6.07 Å². The first-order valence-corrected chi connectivity index (χ1v) is 10.4. The summed E-state index contributed by atoms with van der Waals surface area (Å²) in [6, 6.07) is 4.69. The van der Waals surface area contributed by atoms with Crippen molar-refractivity contribution in [2.24, 2.45) is 0 Å². The predicted octanol–water partition coefficient (Wildman–Crippen LogP) is 2.17. The maximum atomic E-state index is 13.8. The van der Waals surface area contributed by atoms with Crippen molar-refractivity contribution in [1.29, 1.82) is 0 Å². The van der Waals surface area contributed by atoms with Gasteiger partial charge in [0.2, 0.25) is 5.95 Å². The number of carbonyl (C=O) groups excluding carboxylic acids is 1. The van der Waals surface area contributed by atoms with Crippen molar-refractivity contribution in [3.8, 4) is 0 Å². The van der Waals surface area contributed by atoms with Gasteiger partial charge in [-0.15, -0.1) is 0 Å². The van der Waals surface area contributed by atoms with Gasteiger partial charge >= 0.3 is 6.03 Å². The highest BCUT2D eigenvalue weighted by Gasteiger charge is 2.25. The number of anilines is 3. The first kappa shape index (κ1) is 21.2. The predicted molar refractivity (Wildman–Crippen MR) is 116 cm³/mol. The molecule has 2 aliphatic heterocycles. The van der Waals surface area contributed by atoms with E-state index < -0.39 is 17.7 Å². The Morgan fingerprint density at radius 2 is 1.61 bits per heavy atom. The summed E-state index contributed by atoms with van der Waals surface area (Å²) in [4.78, 5) is 30.1. The highest BCUT2D eigenvalue weighted by molar-refractivity contribution is 5.89. The second-order valence-corrected chi connectivity index (χ2v) is 7.99. The Balaban J connectivity index is 1.37. The van der Waals surface area contributed by atoms with Crippen LogP contribution in [-0.4, -0.2) is 85.2 Å². The van der Waals surface area contributed by atoms with E-state index in [-0.39, 0.29) is 5.69 Å². The van der Waals surface area contributed by atoms with Gasteiger partial charge in [0.05, 0.1) is 5.69 Å². The van der Waals surface area contributed by atoms with Crippen molar-refractivity contribution in [2.45, 2.75) is 6.92 Å². The SMILES string of the molecule is Cc1cc(N2CCN(C)CC2)nc(N2CCN(C(=O)Nc3ccc(F)cc3F)CC2)n1. The Kier molecular flexibility index (Phi) is 6.17. The minimum Gasteiger partial charge on any atom is -0.354 e. The lowest BCUT2D eigenvalue weighted by molar-refractivity contribution is 0.208. The van der Waals surface area contributed by atoms with E-state index in [2.05, 4.69) is 32.0 Å². The zero-order valence-corrected chi connectivity index (χ0v) is 17.8. The summed E-state index contributed by atoms with van der Waals surface area (Å²) in [6.45, 7) is 7.88. The fraction of sp³-hybridized carbons (Fsp3) is 0.476. The number of amides is 2. The van der Waals surface area contributed by atoms with Crippen LogP contribution < -0.4 is 15.1 Å². The average molecular weight is 431 g/mol. The summed E-state index contributed by atoms with van der Waals surface area (Å²) in [5.41, 5.74) is 0.874. The number of likely N-dealkylation sites (N-methyl/N-ethyl adjacent to an activating group) is 1. The summed E-state index contributed by atoms with van der Waals surface area (Å²) in [7, 11) is 2.12. The monoisotopic (exact) mass is 431 g/mol. The minimum atomic E-state index is -0.795. The molecule has 10 heteroatoms. The number of urea groups is 1. The van der Waals surface area contributed by atoms with Crippen LogP contribution in [0.15, 0.2) is 24.3 Å². The zero-order valence-electron chi connectivity index (χ0n) is 17.8. The van der Waals surface area contributed by atoms with Crippen LogP contribution in [-0.2, 0) is 0 Å². The van der Waals surface area contributed by atoms with E-state index in [0.717, 1.165) is 49.8 Å². The van der Waals surface area contributed by atoms with Crippen molar-refractivity contribution in [3.05, 3.63) is 41.6 Å². The van der Waals surface area contributed by atoms with Crippen LogP contribution in [0.25, 0.3) is 0 Å².